The van der Waals surface area contributed by atoms with Gasteiger partial charge in [-0.15, -0.1) is 0 Å². The smallest absolute Gasteiger partial charge is 0.243 e. The van der Waals surface area contributed by atoms with Crippen molar-refractivity contribution in [2.45, 2.75) is 38.2 Å². The van der Waals surface area contributed by atoms with Gasteiger partial charge in [0.1, 0.15) is 11.9 Å². The van der Waals surface area contributed by atoms with Crippen LogP contribution in [0.1, 0.15) is 23.4 Å². The molecule has 0 aliphatic carbocycles. The fourth-order valence-corrected chi connectivity index (χ4v) is 4.60. The zero-order valence-corrected chi connectivity index (χ0v) is 14.9. The molecule has 7 heteroatoms. The number of ether oxygens (including phenoxy) is 1. The number of hydrogen-bond donors (Lipinski definition) is 0. The van der Waals surface area contributed by atoms with Crippen LogP contribution in [-0.2, 0) is 10.0 Å². The van der Waals surface area contributed by atoms with Gasteiger partial charge in [-0.2, -0.15) is 9.29 Å². The molecule has 0 saturated carbocycles. The van der Waals surface area contributed by atoms with Crippen molar-refractivity contribution in [2.75, 3.05) is 13.1 Å². The quantitative estimate of drug-likeness (QED) is 0.848. The van der Waals surface area contributed by atoms with Crippen molar-refractivity contribution in [3.63, 3.8) is 0 Å². The van der Waals surface area contributed by atoms with Gasteiger partial charge in [0.25, 0.3) is 0 Å². The minimum Gasteiger partial charge on any atom is -0.473 e. The maximum Gasteiger partial charge on any atom is 0.243 e. The lowest BCUT2D eigenvalue weighted by molar-refractivity contribution is 0.206. The molecule has 0 N–H and O–H groups in total. The van der Waals surface area contributed by atoms with Crippen molar-refractivity contribution in [3.05, 3.63) is 47.4 Å². The molecule has 2 aromatic rings. The number of rotatable bonds is 4. The third kappa shape index (κ3) is 3.42. The Balaban J connectivity index is 1.76. The second-order valence-electron chi connectivity index (χ2n) is 6.10. The van der Waals surface area contributed by atoms with Gasteiger partial charge in [0.2, 0.25) is 15.9 Å². The summed E-state index contributed by atoms with van der Waals surface area (Å²) in [5, 5.41) is 0. The SMILES string of the molecule is Cc1ccc(C)c(S(=O)(=O)N2CCC(Oc3ccnc(C)n3)C2)c1. The zero-order valence-electron chi connectivity index (χ0n) is 14.1. The Morgan fingerprint density at radius 1 is 1.21 bits per heavy atom. The van der Waals surface area contributed by atoms with Crippen LogP contribution in [-0.4, -0.2) is 41.9 Å². The van der Waals surface area contributed by atoms with E-state index in [0.29, 0.717) is 36.1 Å². The highest BCUT2D eigenvalue weighted by Crippen LogP contribution is 2.26. The molecule has 1 aromatic heterocycles. The van der Waals surface area contributed by atoms with E-state index >= 15 is 0 Å². The molecule has 24 heavy (non-hydrogen) atoms. The van der Waals surface area contributed by atoms with Gasteiger partial charge in [-0.1, -0.05) is 12.1 Å². The van der Waals surface area contributed by atoms with Gasteiger partial charge >= 0.3 is 0 Å². The normalized spacial score (nSPS) is 18.7. The highest BCUT2D eigenvalue weighted by Gasteiger charge is 2.34. The minimum absolute atomic E-state index is 0.195. The van der Waals surface area contributed by atoms with Crippen LogP contribution < -0.4 is 4.74 Å². The van der Waals surface area contributed by atoms with Crippen molar-refractivity contribution < 1.29 is 13.2 Å². The molecule has 0 amide bonds. The predicted molar refractivity (Wildman–Crippen MR) is 90.5 cm³/mol. The van der Waals surface area contributed by atoms with Crippen molar-refractivity contribution in [1.82, 2.24) is 14.3 Å². The summed E-state index contributed by atoms with van der Waals surface area (Å²) in [5.74, 6) is 1.11. The van der Waals surface area contributed by atoms with E-state index in [9.17, 15) is 8.42 Å². The highest BCUT2D eigenvalue weighted by molar-refractivity contribution is 7.89. The molecule has 1 aromatic carbocycles. The minimum atomic E-state index is -3.50. The van der Waals surface area contributed by atoms with E-state index in [0.717, 1.165) is 11.1 Å². The van der Waals surface area contributed by atoms with E-state index in [-0.39, 0.29) is 6.10 Å². The standard InChI is InChI=1S/C17H21N3O3S/c1-12-4-5-13(2)16(10-12)24(21,22)20-9-7-15(11-20)23-17-6-8-18-14(3)19-17/h4-6,8,10,15H,7,9,11H2,1-3H3. The molecule has 128 valence electrons. The van der Waals surface area contributed by atoms with Crippen LogP contribution in [0.3, 0.4) is 0 Å². The highest BCUT2D eigenvalue weighted by atomic mass is 32.2. The van der Waals surface area contributed by atoms with Crippen molar-refractivity contribution in [1.29, 1.82) is 0 Å². The monoisotopic (exact) mass is 347 g/mol. The van der Waals surface area contributed by atoms with Crippen LogP contribution in [0.5, 0.6) is 5.88 Å². The Morgan fingerprint density at radius 2 is 2.00 bits per heavy atom. The van der Waals surface area contributed by atoms with Crippen LogP contribution in [0.4, 0.5) is 0 Å². The van der Waals surface area contributed by atoms with Crippen LogP contribution in [0.25, 0.3) is 0 Å². The van der Waals surface area contributed by atoms with Crippen LogP contribution in [0.2, 0.25) is 0 Å². The number of hydrogen-bond acceptors (Lipinski definition) is 5. The first-order chi connectivity index (χ1) is 11.4. The summed E-state index contributed by atoms with van der Waals surface area (Å²) in [6.07, 6.45) is 2.09. The molecule has 1 unspecified atom stereocenters. The predicted octanol–water partition coefficient (Wildman–Crippen LogP) is 2.24. The summed E-state index contributed by atoms with van der Waals surface area (Å²) in [6, 6.07) is 7.18. The first-order valence-electron chi connectivity index (χ1n) is 7.90. The molecule has 0 spiro atoms. The second-order valence-corrected chi connectivity index (χ2v) is 8.01. The van der Waals surface area contributed by atoms with Gasteiger partial charge in [0.15, 0.2) is 0 Å². The Morgan fingerprint density at radius 3 is 2.75 bits per heavy atom. The lowest BCUT2D eigenvalue weighted by Gasteiger charge is -2.18. The molecule has 2 heterocycles. The average Bonchev–Trinajstić information content (AvgIpc) is 2.99. The third-order valence-electron chi connectivity index (χ3n) is 4.11. The summed E-state index contributed by atoms with van der Waals surface area (Å²) in [5.41, 5.74) is 1.69. The summed E-state index contributed by atoms with van der Waals surface area (Å²) in [7, 11) is -3.50. The van der Waals surface area contributed by atoms with Crippen LogP contribution in [0.15, 0.2) is 35.4 Å². The summed E-state index contributed by atoms with van der Waals surface area (Å²) >= 11 is 0. The Bertz CT molecular complexity index is 852. The lowest BCUT2D eigenvalue weighted by atomic mass is 10.2. The largest absolute Gasteiger partial charge is 0.473 e. The fourth-order valence-electron chi connectivity index (χ4n) is 2.81. The van der Waals surface area contributed by atoms with E-state index < -0.39 is 10.0 Å². The van der Waals surface area contributed by atoms with Crippen LogP contribution in [0, 0.1) is 20.8 Å². The molecular weight excluding hydrogens is 326 g/mol. The average molecular weight is 347 g/mol. The van der Waals surface area contributed by atoms with Crippen LogP contribution >= 0.6 is 0 Å². The Labute approximate surface area is 142 Å². The molecule has 3 rings (SSSR count). The summed E-state index contributed by atoms with van der Waals surface area (Å²) < 4.78 is 33.1. The van der Waals surface area contributed by atoms with Crippen molar-refractivity contribution >= 4 is 10.0 Å². The fraction of sp³-hybridized carbons (Fsp3) is 0.412. The van der Waals surface area contributed by atoms with E-state index in [1.165, 1.54) is 4.31 Å². The molecule has 1 atom stereocenters. The maximum absolute atomic E-state index is 12.9. The lowest BCUT2D eigenvalue weighted by Crippen LogP contribution is -2.31. The molecule has 0 radical (unpaired) electrons. The van der Waals surface area contributed by atoms with Gasteiger partial charge in [0.05, 0.1) is 11.4 Å². The topological polar surface area (TPSA) is 72.4 Å². The van der Waals surface area contributed by atoms with Gasteiger partial charge in [-0.3, -0.25) is 0 Å². The van der Waals surface area contributed by atoms with E-state index in [4.69, 9.17) is 4.74 Å². The molecule has 1 fully saturated rings. The number of aromatic nitrogens is 2. The van der Waals surface area contributed by atoms with Crippen molar-refractivity contribution in [2.24, 2.45) is 0 Å². The van der Waals surface area contributed by atoms with Crippen molar-refractivity contribution in [3.8, 4) is 5.88 Å². The molecule has 1 aliphatic heterocycles. The van der Waals surface area contributed by atoms with E-state index in [1.807, 2.05) is 26.0 Å². The number of nitrogens with zero attached hydrogens (tertiary/aromatic N) is 3. The van der Waals surface area contributed by atoms with E-state index in [1.54, 1.807) is 25.3 Å². The second kappa shape index (κ2) is 6.49. The molecule has 1 saturated heterocycles. The van der Waals surface area contributed by atoms with Gasteiger partial charge in [-0.25, -0.2) is 13.4 Å². The molecule has 0 bridgehead atoms. The number of sulfonamides is 1. The third-order valence-corrected chi connectivity index (χ3v) is 6.11. The number of aryl methyl sites for hydroxylation is 3. The molecular formula is C17H21N3O3S. The Kier molecular flexibility index (Phi) is 4.56. The summed E-state index contributed by atoms with van der Waals surface area (Å²) in [4.78, 5) is 8.61. The first-order valence-corrected chi connectivity index (χ1v) is 9.34. The van der Waals surface area contributed by atoms with E-state index in [2.05, 4.69) is 9.97 Å². The molecule has 1 aliphatic rings. The summed E-state index contributed by atoms with van der Waals surface area (Å²) in [6.45, 7) is 6.29. The number of benzene rings is 1. The molecule has 6 nitrogen and oxygen atoms in total. The first kappa shape index (κ1) is 16.9. The van der Waals surface area contributed by atoms with Gasteiger partial charge < -0.3 is 4.74 Å². The Hall–Kier alpha value is -1.99. The van der Waals surface area contributed by atoms with Gasteiger partial charge in [-0.05, 0) is 44.4 Å². The maximum atomic E-state index is 12.9. The zero-order chi connectivity index (χ0) is 17.3. The van der Waals surface area contributed by atoms with Gasteiger partial charge in [0, 0.05) is 18.8 Å².